The third-order valence-corrected chi connectivity index (χ3v) is 3.93. The Bertz CT molecular complexity index is 646. The van der Waals surface area contributed by atoms with Crippen molar-refractivity contribution in [2.24, 2.45) is 5.73 Å². The van der Waals surface area contributed by atoms with Crippen molar-refractivity contribution in [2.75, 3.05) is 11.4 Å². The summed E-state index contributed by atoms with van der Waals surface area (Å²) in [6.07, 6.45) is 1.72. The molecule has 21 heavy (non-hydrogen) atoms. The lowest BCUT2D eigenvalue weighted by Gasteiger charge is -2.24. The molecular formula is C15H16BrFN4. The van der Waals surface area contributed by atoms with Gasteiger partial charge in [0, 0.05) is 18.3 Å². The van der Waals surface area contributed by atoms with Crippen LogP contribution in [0.5, 0.6) is 0 Å². The van der Waals surface area contributed by atoms with E-state index in [4.69, 9.17) is 11.1 Å². The number of pyridine rings is 1. The van der Waals surface area contributed by atoms with E-state index < -0.39 is 5.82 Å². The van der Waals surface area contributed by atoms with Crippen molar-refractivity contribution >= 4 is 27.5 Å². The average molecular weight is 351 g/mol. The minimum absolute atomic E-state index is 0.167. The Labute approximate surface area is 131 Å². The zero-order valence-corrected chi connectivity index (χ0v) is 13.2. The van der Waals surface area contributed by atoms with Gasteiger partial charge in [0.25, 0.3) is 0 Å². The van der Waals surface area contributed by atoms with E-state index in [1.165, 1.54) is 0 Å². The maximum absolute atomic E-state index is 14.5. The number of hydrogen-bond acceptors (Lipinski definition) is 3. The standard InChI is InChI=1S/C15H16BrFN4/c1-2-21(9-10-5-3-4-8-20-10)12-7-6-11(15(18)19)13(16)14(12)17/h3-8H,2,9H2,1H3,(H3,18,19). The number of rotatable bonds is 5. The highest BCUT2D eigenvalue weighted by atomic mass is 79.9. The summed E-state index contributed by atoms with van der Waals surface area (Å²) < 4.78 is 14.7. The third-order valence-electron chi connectivity index (χ3n) is 3.15. The van der Waals surface area contributed by atoms with E-state index in [1.807, 2.05) is 30.0 Å². The highest BCUT2D eigenvalue weighted by Gasteiger charge is 2.17. The fourth-order valence-electron chi connectivity index (χ4n) is 2.05. The maximum atomic E-state index is 14.5. The van der Waals surface area contributed by atoms with Crippen molar-refractivity contribution in [3.8, 4) is 0 Å². The van der Waals surface area contributed by atoms with Gasteiger partial charge in [0.2, 0.25) is 0 Å². The molecule has 0 fully saturated rings. The summed E-state index contributed by atoms with van der Waals surface area (Å²) in [5.74, 6) is -0.583. The topological polar surface area (TPSA) is 66.0 Å². The first-order valence-electron chi connectivity index (χ1n) is 6.51. The van der Waals surface area contributed by atoms with Crippen LogP contribution in [0.3, 0.4) is 0 Å². The van der Waals surface area contributed by atoms with Gasteiger partial charge in [-0.1, -0.05) is 6.07 Å². The van der Waals surface area contributed by atoms with Gasteiger partial charge < -0.3 is 10.6 Å². The van der Waals surface area contributed by atoms with Crippen LogP contribution in [0.1, 0.15) is 18.2 Å². The van der Waals surface area contributed by atoms with Gasteiger partial charge in [-0.05, 0) is 47.1 Å². The second-order valence-electron chi connectivity index (χ2n) is 4.51. The molecule has 0 amide bonds. The van der Waals surface area contributed by atoms with Crippen molar-refractivity contribution in [3.05, 3.63) is 58.1 Å². The molecule has 0 saturated heterocycles. The molecule has 1 aromatic heterocycles. The van der Waals surface area contributed by atoms with Crippen LogP contribution in [0.4, 0.5) is 10.1 Å². The minimum Gasteiger partial charge on any atom is -0.384 e. The number of nitrogens with two attached hydrogens (primary N) is 1. The lowest BCUT2D eigenvalue weighted by molar-refractivity contribution is 0.610. The van der Waals surface area contributed by atoms with E-state index in [0.717, 1.165) is 5.69 Å². The summed E-state index contributed by atoms with van der Waals surface area (Å²) in [5.41, 5.74) is 7.11. The molecule has 2 rings (SSSR count). The molecule has 4 nitrogen and oxygen atoms in total. The predicted octanol–water partition coefficient (Wildman–Crippen LogP) is 3.29. The Morgan fingerprint density at radius 1 is 1.38 bits per heavy atom. The highest BCUT2D eigenvalue weighted by molar-refractivity contribution is 9.10. The van der Waals surface area contributed by atoms with Gasteiger partial charge in [-0.2, -0.15) is 0 Å². The summed E-state index contributed by atoms with van der Waals surface area (Å²) in [5, 5.41) is 7.43. The molecule has 2 aromatic rings. The lowest BCUT2D eigenvalue weighted by Crippen LogP contribution is -2.24. The number of aromatic nitrogens is 1. The van der Waals surface area contributed by atoms with Gasteiger partial charge in [-0.15, -0.1) is 0 Å². The first-order chi connectivity index (χ1) is 10.0. The van der Waals surface area contributed by atoms with Gasteiger partial charge in [0.05, 0.1) is 22.4 Å². The number of amidine groups is 1. The van der Waals surface area contributed by atoms with Gasteiger partial charge in [-0.3, -0.25) is 10.4 Å². The molecule has 1 heterocycles. The van der Waals surface area contributed by atoms with Crippen LogP contribution >= 0.6 is 15.9 Å². The molecule has 0 aliphatic rings. The fourth-order valence-corrected chi connectivity index (χ4v) is 2.59. The molecule has 110 valence electrons. The molecule has 6 heteroatoms. The zero-order valence-electron chi connectivity index (χ0n) is 11.6. The molecule has 0 radical (unpaired) electrons. The third kappa shape index (κ3) is 3.39. The number of nitrogen functional groups attached to an aromatic ring is 1. The van der Waals surface area contributed by atoms with Gasteiger partial charge >= 0.3 is 0 Å². The Kier molecular flexibility index (Phi) is 4.90. The minimum atomic E-state index is -0.416. The number of anilines is 1. The van der Waals surface area contributed by atoms with E-state index in [-0.39, 0.29) is 10.3 Å². The molecule has 0 spiro atoms. The summed E-state index contributed by atoms with van der Waals surface area (Å²) >= 11 is 3.18. The normalized spacial score (nSPS) is 10.4. The van der Waals surface area contributed by atoms with E-state index in [0.29, 0.717) is 24.3 Å². The van der Waals surface area contributed by atoms with E-state index in [9.17, 15) is 4.39 Å². The highest BCUT2D eigenvalue weighted by Crippen LogP contribution is 2.30. The Hall–Kier alpha value is -1.95. The average Bonchev–Trinajstić information content (AvgIpc) is 2.48. The SMILES string of the molecule is CCN(Cc1ccccn1)c1ccc(C(=N)N)c(Br)c1F. The van der Waals surface area contributed by atoms with Gasteiger partial charge in [-0.25, -0.2) is 4.39 Å². The first-order valence-corrected chi connectivity index (χ1v) is 7.31. The smallest absolute Gasteiger partial charge is 0.161 e. The van der Waals surface area contributed by atoms with Crippen molar-refractivity contribution in [1.29, 1.82) is 5.41 Å². The fraction of sp³-hybridized carbons (Fsp3) is 0.200. The van der Waals surface area contributed by atoms with E-state index >= 15 is 0 Å². The van der Waals surface area contributed by atoms with Crippen LogP contribution in [0, 0.1) is 11.2 Å². The van der Waals surface area contributed by atoms with Crippen LogP contribution in [-0.4, -0.2) is 17.4 Å². The molecule has 0 aliphatic carbocycles. The maximum Gasteiger partial charge on any atom is 0.161 e. The van der Waals surface area contributed by atoms with Crippen LogP contribution in [0.15, 0.2) is 41.0 Å². The van der Waals surface area contributed by atoms with Crippen LogP contribution in [0.2, 0.25) is 0 Å². The Morgan fingerprint density at radius 3 is 2.71 bits per heavy atom. The summed E-state index contributed by atoms with van der Waals surface area (Å²) in [4.78, 5) is 6.14. The Balaban J connectivity index is 2.35. The molecule has 0 atom stereocenters. The molecule has 3 N–H and O–H groups in total. The predicted molar refractivity (Wildman–Crippen MR) is 86.1 cm³/mol. The zero-order chi connectivity index (χ0) is 15.4. The number of benzene rings is 1. The number of nitrogens with one attached hydrogen (secondary N) is 1. The summed E-state index contributed by atoms with van der Waals surface area (Å²) in [6, 6.07) is 8.94. The number of hydrogen-bond donors (Lipinski definition) is 2. The summed E-state index contributed by atoms with van der Waals surface area (Å²) in [7, 11) is 0. The summed E-state index contributed by atoms with van der Waals surface area (Å²) in [6.45, 7) is 3.11. The first kappa shape index (κ1) is 15.4. The van der Waals surface area contributed by atoms with E-state index in [1.54, 1.807) is 18.3 Å². The lowest BCUT2D eigenvalue weighted by atomic mass is 10.1. The number of nitrogens with zero attached hydrogens (tertiary/aromatic N) is 2. The molecule has 1 aromatic carbocycles. The quantitative estimate of drug-likeness (QED) is 0.642. The van der Waals surface area contributed by atoms with Crippen molar-refractivity contribution in [3.63, 3.8) is 0 Å². The second-order valence-corrected chi connectivity index (χ2v) is 5.30. The van der Waals surface area contributed by atoms with Gasteiger partial charge in [0.1, 0.15) is 5.84 Å². The molecule has 0 unspecified atom stereocenters. The van der Waals surface area contributed by atoms with Crippen molar-refractivity contribution < 1.29 is 4.39 Å². The molecule has 0 saturated carbocycles. The second kappa shape index (κ2) is 6.67. The molecule has 0 bridgehead atoms. The van der Waals surface area contributed by atoms with Crippen LogP contribution < -0.4 is 10.6 Å². The van der Waals surface area contributed by atoms with Gasteiger partial charge in [0.15, 0.2) is 5.82 Å². The van der Waals surface area contributed by atoms with Crippen LogP contribution in [-0.2, 0) is 6.54 Å². The number of halogens is 2. The van der Waals surface area contributed by atoms with Crippen LogP contribution in [0.25, 0.3) is 0 Å². The van der Waals surface area contributed by atoms with Crippen molar-refractivity contribution in [2.45, 2.75) is 13.5 Å². The molecular weight excluding hydrogens is 335 g/mol. The van der Waals surface area contributed by atoms with E-state index in [2.05, 4.69) is 20.9 Å². The molecule has 0 aliphatic heterocycles. The Morgan fingerprint density at radius 2 is 2.14 bits per heavy atom. The van der Waals surface area contributed by atoms with Crippen molar-refractivity contribution in [1.82, 2.24) is 4.98 Å². The monoisotopic (exact) mass is 350 g/mol. The largest absolute Gasteiger partial charge is 0.384 e.